The normalized spacial score (nSPS) is 13.2. The molecule has 0 unspecified atom stereocenters. The van der Waals surface area contributed by atoms with Gasteiger partial charge in [0.1, 0.15) is 5.82 Å². The molecule has 1 aliphatic carbocycles. The fraction of sp³-hybridized carbons (Fsp3) is 0.167. The van der Waals surface area contributed by atoms with Gasteiger partial charge in [-0.2, -0.15) is 5.10 Å². The summed E-state index contributed by atoms with van der Waals surface area (Å²) in [5.41, 5.74) is 4.80. The summed E-state index contributed by atoms with van der Waals surface area (Å²) in [4.78, 5) is 13.1. The van der Waals surface area contributed by atoms with E-state index in [0.717, 1.165) is 28.9 Å². The van der Waals surface area contributed by atoms with E-state index in [-0.39, 0.29) is 11.7 Å². The summed E-state index contributed by atoms with van der Waals surface area (Å²) in [7, 11) is 0. The minimum atomic E-state index is -0.312. The molecule has 1 amide bonds. The summed E-state index contributed by atoms with van der Waals surface area (Å²) < 4.78 is 15.1. The molecule has 1 aromatic heterocycles. The van der Waals surface area contributed by atoms with E-state index in [1.165, 1.54) is 17.7 Å². The molecular formula is C24H20Cl2FN3O. The van der Waals surface area contributed by atoms with Crippen LogP contribution in [0.1, 0.15) is 36.6 Å². The predicted octanol–water partition coefficient (Wildman–Crippen LogP) is 6.22. The molecule has 158 valence electrons. The molecule has 0 saturated heterocycles. The Morgan fingerprint density at radius 2 is 1.87 bits per heavy atom. The van der Waals surface area contributed by atoms with Crippen LogP contribution in [0.15, 0.2) is 60.3 Å². The van der Waals surface area contributed by atoms with Crippen LogP contribution in [0.5, 0.6) is 0 Å². The van der Waals surface area contributed by atoms with Gasteiger partial charge in [0, 0.05) is 27.7 Å². The molecule has 0 aliphatic heterocycles. The molecule has 0 saturated carbocycles. The van der Waals surface area contributed by atoms with Gasteiger partial charge in [0.25, 0.3) is 5.91 Å². The molecule has 3 aromatic rings. The number of allylic oxidation sites excluding steroid dienone is 2. The molecule has 4 nitrogen and oxygen atoms in total. The Labute approximate surface area is 190 Å². The summed E-state index contributed by atoms with van der Waals surface area (Å²) in [5.74, 6) is -0.519. The second-order valence-electron chi connectivity index (χ2n) is 7.27. The highest BCUT2D eigenvalue weighted by molar-refractivity contribution is 6.34. The molecule has 0 radical (unpaired) electrons. The van der Waals surface area contributed by atoms with Crippen molar-refractivity contribution in [1.82, 2.24) is 15.1 Å². The van der Waals surface area contributed by atoms with E-state index in [2.05, 4.69) is 23.4 Å². The Hall–Kier alpha value is -2.89. The maximum atomic E-state index is 13.4. The Morgan fingerprint density at radius 1 is 1.16 bits per heavy atom. The minimum Gasteiger partial charge on any atom is -0.348 e. The van der Waals surface area contributed by atoms with E-state index >= 15 is 0 Å². The van der Waals surface area contributed by atoms with Gasteiger partial charge in [-0.05, 0) is 66.9 Å². The van der Waals surface area contributed by atoms with Gasteiger partial charge in [-0.25, -0.2) is 9.07 Å². The molecule has 0 fully saturated rings. The highest BCUT2D eigenvalue weighted by atomic mass is 35.5. The Balaban J connectivity index is 1.65. The van der Waals surface area contributed by atoms with Crippen LogP contribution in [0.3, 0.4) is 0 Å². The maximum absolute atomic E-state index is 13.4. The van der Waals surface area contributed by atoms with E-state index in [1.807, 2.05) is 6.08 Å². The second-order valence-corrected chi connectivity index (χ2v) is 8.14. The molecule has 0 atom stereocenters. The zero-order valence-corrected chi connectivity index (χ0v) is 18.3. The fourth-order valence-corrected chi connectivity index (χ4v) is 4.11. The van der Waals surface area contributed by atoms with Gasteiger partial charge in [0.15, 0.2) is 0 Å². The lowest BCUT2D eigenvalue weighted by molar-refractivity contribution is -0.115. The number of carbonyl (C=O) groups is 1. The number of nitrogens with zero attached hydrogens (tertiary/aromatic N) is 2. The lowest BCUT2D eigenvalue weighted by atomic mass is 10.1. The quantitative estimate of drug-likeness (QED) is 0.496. The summed E-state index contributed by atoms with van der Waals surface area (Å²) in [5, 5.41) is 8.46. The molecule has 2 aromatic carbocycles. The van der Waals surface area contributed by atoms with Crippen molar-refractivity contribution in [2.75, 3.05) is 0 Å². The highest BCUT2D eigenvalue weighted by Crippen LogP contribution is 2.30. The van der Waals surface area contributed by atoms with Crippen LogP contribution in [0.4, 0.5) is 4.39 Å². The number of hydrogen-bond donors (Lipinski definition) is 1. The van der Waals surface area contributed by atoms with Crippen LogP contribution in [0.2, 0.25) is 10.0 Å². The maximum Gasteiger partial charge on any atom is 0.251 e. The van der Waals surface area contributed by atoms with Crippen LogP contribution < -0.4 is 5.32 Å². The van der Waals surface area contributed by atoms with Crippen molar-refractivity contribution in [3.8, 4) is 5.69 Å². The zero-order valence-electron chi connectivity index (χ0n) is 16.8. The molecule has 1 N–H and O–H groups in total. The first-order valence-electron chi connectivity index (χ1n) is 9.91. The van der Waals surface area contributed by atoms with Crippen molar-refractivity contribution < 1.29 is 9.18 Å². The lowest BCUT2D eigenvalue weighted by Crippen LogP contribution is -2.24. The zero-order chi connectivity index (χ0) is 22.0. The van der Waals surface area contributed by atoms with Crippen molar-refractivity contribution in [3.05, 3.63) is 93.0 Å². The minimum absolute atomic E-state index is 0.207. The van der Waals surface area contributed by atoms with Crippen LogP contribution >= 0.6 is 23.2 Å². The number of aromatic nitrogens is 2. The van der Waals surface area contributed by atoms with Crippen molar-refractivity contribution in [1.29, 1.82) is 0 Å². The smallest absolute Gasteiger partial charge is 0.251 e. The van der Waals surface area contributed by atoms with E-state index < -0.39 is 0 Å². The average molecular weight is 456 g/mol. The van der Waals surface area contributed by atoms with Crippen LogP contribution in [0.25, 0.3) is 17.3 Å². The summed E-state index contributed by atoms with van der Waals surface area (Å²) in [6.07, 6.45) is 7.17. The average Bonchev–Trinajstić information content (AvgIpc) is 3.05. The predicted molar refractivity (Wildman–Crippen MR) is 123 cm³/mol. The van der Waals surface area contributed by atoms with Crippen LogP contribution in [-0.4, -0.2) is 15.7 Å². The van der Waals surface area contributed by atoms with Gasteiger partial charge in [-0.1, -0.05) is 41.8 Å². The van der Waals surface area contributed by atoms with Crippen molar-refractivity contribution in [3.63, 3.8) is 0 Å². The van der Waals surface area contributed by atoms with Crippen LogP contribution in [0, 0.1) is 5.82 Å². The standard InChI is InChI=1S/C24H20Cl2FN3O/c1-2-15-3-8-21(24(31)28-13-16-9-17(25)12-18(26)10-16)22-14-29-30(23(22)11-15)20-6-4-19(27)5-7-20/h4-12,14H,2-3,13H2,1H3,(H,28,31). The summed E-state index contributed by atoms with van der Waals surface area (Å²) in [6, 6.07) is 11.3. The molecular weight excluding hydrogens is 436 g/mol. The Bertz CT molecular complexity index is 1180. The molecule has 1 heterocycles. The van der Waals surface area contributed by atoms with Gasteiger partial charge in [-0.15, -0.1) is 0 Å². The van der Waals surface area contributed by atoms with Gasteiger partial charge in [0.05, 0.1) is 17.6 Å². The number of benzene rings is 2. The first-order valence-corrected chi connectivity index (χ1v) is 10.7. The topological polar surface area (TPSA) is 46.9 Å². The van der Waals surface area contributed by atoms with Gasteiger partial charge < -0.3 is 5.32 Å². The van der Waals surface area contributed by atoms with Crippen molar-refractivity contribution in [2.45, 2.75) is 26.3 Å². The second kappa shape index (κ2) is 9.08. The van der Waals surface area contributed by atoms with E-state index in [4.69, 9.17) is 23.2 Å². The monoisotopic (exact) mass is 455 g/mol. The third-order valence-corrected chi connectivity index (χ3v) is 5.59. The van der Waals surface area contributed by atoms with Crippen LogP contribution in [-0.2, 0) is 11.3 Å². The third kappa shape index (κ3) is 4.73. The number of hydrogen-bond acceptors (Lipinski definition) is 2. The molecule has 0 bridgehead atoms. The number of amides is 1. The van der Waals surface area contributed by atoms with E-state index in [1.54, 1.807) is 41.2 Å². The lowest BCUT2D eigenvalue weighted by Gasteiger charge is -2.10. The number of rotatable bonds is 5. The van der Waals surface area contributed by atoms with Crippen molar-refractivity contribution >= 4 is 40.8 Å². The number of carbonyl (C=O) groups excluding carboxylic acids is 1. The van der Waals surface area contributed by atoms with E-state index in [9.17, 15) is 9.18 Å². The molecule has 1 aliphatic rings. The Morgan fingerprint density at radius 3 is 2.55 bits per heavy atom. The fourth-order valence-electron chi connectivity index (χ4n) is 3.54. The van der Waals surface area contributed by atoms with E-state index in [0.29, 0.717) is 28.6 Å². The SMILES string of the molecule is CCC1=Cc2c(cnn2-c2ccc(F)cc2)C(C(=O)NCc2cc(Cl)cc(Cl)c2)=CC1. The number of halogens is 3. The molecule has 0 spiro atoms. The van der Waals surface area contributed by atoms with Gasteiger partial charge >= 0.3 is 0 Å². The first-order chi connectivity index (χ1) is 14.9. The van der Waals surface area contributed by atoms with Gasteiger partial charge in [-0.3, -0.25) is 4.79 Å². The largest absolute Gasteiger partial charge is 0.348 e. The Kier molecular flexibility index (Phi) is 6.25. The van der Waals surface area contributed by atoms with Crippen molar-refractivity contribution in [2.24, 2.45) is 0 Å². The third-order valence-electron chi connectivity index (χ3n) is 5.15. The molecule has 4 rings (SSSR count). The van der Waals surface area contributed by atoms with Gasteiger partial charge in [0.2, 0.25) is 0 Å². The summed E-state index contributed by atoms with van der Waals surface area (Å²) >= 11 is 12.1. The molecule has 31 heavy (non-hydrogen) atoms. The summed E-state index contributed by atoms with van der Waals surface area (Å²) in [6.45, 7) is 2.37. The molecule has 7 heteroatoms. The number of nitrogens with one attached hydrogen (secondary N) is 1. The first kappa shape index (κ1) is 21.3. The highest BCUT2D eigenvalue weighted by Gasteiger charge is 2.22. The number of fused-ring (bicyclic) bond motifs is 1.